The summed E-state index contributed by atoms with van der Waals surface area (Å²) in [5, 5.41) is 6.06. The Hall–Kier alpha value is -0.0300. The van der Waals surface area contributed by atoms with E-state index in [0.29, 0.717) is 6.42 Å². The van der Waals surface area contributed by atoms with Gasteiger partial charge in [-0.2, -0.15) is 0 Å². The zero-order chi connectivity index (χ0) is 13.9. The van der Waals surface area contributed by atoms with Crippen molar-refractivity contribution in [1.82, 2.24) is 15.5 Å². The van der Waals surface area contributed by atoms with Gasteiger partial charge in [0.2, 0.25) is 5.91 Å². The Morgan fingerprint density at radius 3 is 2.57 bits per heavy atom. The summed E-state index contributed by atoms with van der Waals surface area (Å²) < 4.78 is 0. The first-order valence-corrected chi connectivity index (χ1v) is 7.89. The Morgan fingerprint density at radius 1 is 1.14 bits per heavy atom. The van der Waals surface area contributed by atoms with E-state index in [9.17, 15) is 4.79 Å². The molecule has 128 valence electrons. The summed E-state index contributed by atoms with van der Waals surface area (Å²) in [6.45, 7) is 6.54. The van der Waals surface area contributed by atoms with Gasteiger partial charge in [0, 0.05) is 19.0 Å². The van der Waals surface area contributed by atoms with Crippen LogP contribution in [0.5, 0.6) is 0 Å². The first-order valence-electron chi connectivity index (χ1n) is 7.89. The number of nitrogens with one attached hydrogen (secondary N) is 2. The topological polar surface area (TPSA) is 44.4 Å². The van der Waals surface area contributed by atoms with Crippen molar-refractivity contribution in [2.24, 2.45) is 0 Å². The van der Waals surface area contributed by atoms with Crippen LogP contribution in [0.1, 0.15) is 51.9 Å². The third kappa shape index (κ3) is 11.2. The molecule has 1 rings (SSSR count). The lowest BCUT2D eigenvalue weighted by Gasteiger charge is -2.33. The van der Waals surface area contributed by atoms with E-state index in [4.69, 9.17) is 0 Å². The predicted octanol–water partition coefficient (Wildman–Crippen LogP) is 2.60. The maximum Gasteiger partial charge on any atom is 0.220 e. The van der Waals surface area contributed by atoms with Crippen LogP contribution in [0, 0.1) is 0 Å². The number of amides is 1. The van der Waals surface area contributed by atoms with Gasteiger partial charge in [-0.3, -0.25) is 4.79 Å². The Labute approximate surface area is 142 Å². The SMILES string of the molecule is CNCCCC(=O)NCCCCN1CCCCC1C.Cl.Cl. The Morgan fingerprint density at radius 2 is 1.90 bits per heavy atom. The lowest BCUT2D eigenvalue weighted by Crippen LogP contribution is -2.38. The Kier molecular flexibility index (Phi) is 16.5. The molecule has 0 aromatic carbocycles. The van der Waals surface area contributed by atoms with Crippen LogP contribution >= 0.6 is 24.8 Å². The molecule has 0 aliphatic carbocycles. The quantitative estimate of drug-likeness (QED) is 0.633. The molecule has 0 aromatic rings. The van der Waals surface area contributed by atoms with Crippen LogP contribution in [0.3, 0.4) is 0 Å². The molecule has 1 aliphatic rings. The second kappa shape index (κ2) is 14.9. The van der Waals surface area contributed by atoms with Gasteiger partial charge in [0.1, 0.15) is 0 Å². The monoisotopic (exact) mass is 341 g/mol. The molecule has 1 atom stereocenters. The number of carbonyl (C=O) groups excluding carboxylic acids is 1. The van der Waals surface area contributed by atoms with Gasteiger partial charge in [0.15, 0.2) is 0 Å². The molecule has 6 heteroatoms. The van der Waals surface area contributed by atoms with Crippen molar-refractivity contribution in [2.45, 2.75) is 57.9 Å². The second-order valence-electron chi connectivity index (χ2n) is 5.64. The molecule has 0 spiro atoms. The van der Waals surface area contributed by atoms with Crippen molar-refractivity contribution in [3.05, 3.63) is 0 Å². The highest BCUT2D eigenvalue weighted by molar-refractivity contribution is 5.85. The fourth-order valence-corrected chi connectivity index (χ4v) is 2.67. The first-order chi connectivity index (χ1) is 9.24. The summed E-state index contributed by atoms with van der Waals surface area (Å²) in [6.07, 6.45) is 7.95. The number of unbranched alkanes of at least 4 members (excludes halogenated alkanes) is 1. The van der Waals surface area contributed by atoms with E-state index in [0.717, 1.165) is 32.0 Å². The van der Waals surface area contributed by atoms with Crippen LogP contribution in [0.25, 0.3) is 0 Å². The summed E-state index contributed by atoms with van der Waals surface area (Å²) in [4.78, 5) is 14.1. The van der Waals surface area contributed by atoms with E-state index in [2.05, 4.69) is 22.5 Å². The minimum atomic E-state index is 0. The fourth-order valence-electron chi connectivity index (χ4n) is 2.67. The maximum atomic E-state index is 11.5. The lowest BCUT2D eigenvalue weighted by molar-refractivity contribution is -0.121. The van der Waals surface area contributed by atoms with Crippen LogP contribution in [0.4, 0.5) is 0 Å². The molecule has 4 nitrogen and oxygen atoms in total. The van der Waals surface area contributed by atoms with Crippen LogP contribution in [-0.4, -0.2) is 50.1 Å². The van der Waals surface area contributed by atoms with E-state index >= 15 is 0 Å². The van der Waals surface area contributed by atoms with E-state index in [1.807, 2.05) is 7.05 Å². The normalized spacial score (nSPS) is 18.5. The molecular weight excluding hydrogens is 309 g/mol. The predicted molar refractivity (Wildman–Crippen MR) is 94.8 cm³/mol. The van der Waals surface area contributed by atoms with Crippen LogP contribution in [0.15, 0.2) is 0 Å². The highest BCUT2D eigenvalue weighted by atomic mass is 35.5. The highest BCUT2D eigenvalue weighted by Crippen LogP contribution is 2.16. The fraction of sp³-hybridized carbons (Fsp3) is 0.933. The minimum absolute atomic E-state index is 0. The second-order valence-corrected chi connectivity index (χ2v) is 5.64. The van der Waals surface area contributed by atoms with Gasteiger partial charge >= 0.3 is 0 Å². The van der Waals surface area contributed by atoms with E-state index in [1.165, 1.54) is 38.8 Å². The van der Waals surface area contributed by atoms with Crippen molar-refractivity contribution < 1.29 is 4.79 Å². The van der Waals surface area contributed by atoms with Gasteiger partial charge in [-0.1, -0.05) is 6.42 Å². The molecule has 0 saturated carbocycles. The first kappa shape index (κ1) is 23.2. The van der Waals surface area contributed by atoms with Gasteiger partial charge in [-0.25, -0.2) is 0 Å². The number of carbonyl (C=O) groups is 1. The molecule has 1 heterocycles. The van der Waals surface area contributed by atoms with E-state index in [1.54, 1.807) is 0 Å². The number of piperidine rings is 1. The van der Waals surface area contributed by atoms with Crippen molar-refractivity contribution >= 4 is 30.7 Å². The summed E-state index contributed by atoms with van der Waals surface area (Å²) in [7, 11) is 1.92. The number of hydrogen-bond acceptors (Lipinski definition) is 3. The average Bonchev–Trinajstić information content (AvgIpc) is 2.41. The van der Waals surface area contributed by atoms with Gasteiger partial charge in [-0.05, 0) is 65.7 Å². The summed E-state index contributed by atoms with van der Waals surface area (Å²) in [5.41, 5.74) is 0. The smallest absolute Gasteiger partial charge is 0.220 e. The van der Waals surface area contributed by atoms with Gasteiger partial charge in [0.05, 0.1) is 0 Å². The third-order valence-electron chi connectivity index (χ3n) is 3.97. The largest absolute Gasteiger partial charge is 0.356 e. The molecule has 21 heavy (non-hydrogen) atoms. The maximum absolute atomic E-state index is 11.5. The molecule has 0 bridgehead atoms. The number of rotatable bonds is 9. The standard InChI is InChI=1S/C15H31N3O.2ClH/c1-14-8-3-5-12-18(14)13-6-4-11-17-15(19)9-7-10-16-2;;/h14,16H,3-13H2,1-2H3,(H,17,19);2*1H. The van der Waals surface area contributed by atoms with Crippen LogP contribution in [0.2, 0.25) is 0 Å². The highest BCUT2D eigenvalue weighted by Gasteiger charge is 2.16. The molecule has 0 aromatic heterocycles. The summed E-state index contributed by atoms with van der Waals surface area (Å²) in [5.74, 6) is 0.196. The van der Waals surface area contributed by atoms with Crippen molar-refractivity contribution in [2.75, 3.05) is 33.2 Å². The van der Waals surface area contributed by atoms with Crippen LogP contribution < -0.4 is 10.6 Å². The Bertz CT molecular complexity index is 255. The molecule has 1 amide bonds. The molecule has 1 fully saturated rings. The number of hydrogen-bond donors (Lipinski definition) is 2. The molecule has 1 unspecified atom stereocenters. The summed E-state index contributed by atoms with van der Waals surface area (Å²) >= 11 is 0. The lowest BCUT2D eigenvalue weighted by atomic mass is 10.0. The zero-order valence-electron chi connectivity index (χ0n) is 13.5. The molecule has 2 N–H and O–H groups in total. The number of halogens is 2. The number of likely N-dealkylation sites (tertiary alicyclic amines) is 1. The van der Waals surface area contributed by atoms with Crippen molar-refractivity contribution in [3.8, 4) is 0 Å². The molecular formula is C15H33Cl2N3O. The van der Waals surface area contributed by atoms with Crippen molar-refractivity contribution in [1.29, 1.82) is 0 Å². The van der Waals surface area contributed by atoms with Gasteiger partial charge in [-0.15, -0.1) is 24.8 Å². The van der Waals surface area contributed by atoms with Gasteiger partial charge in [0.25, 0.3) is 0 Å². The summed E-state index contributed by atoms with van der Waals surface area (Å²) in [6, 6.07) is 0.755. The average molecular weight is 342 g/mol. The van der Waals surface area contributed by atoms with E-state index < -0.39 is 0 Å². The van der Waals surface area contributed by atoms with Crippen molar-refractivity contribution in [3.63, 3.8) is 0 Å². The molecule has 0 radical (unpaired) electrons. The Balaban J connectivity index is 0. The minimum Gasteiger partial charge on any atom is -0.356 e. The van der Waals surface area contributed by atoms with E-state index in [-0.39, 0.29) is 30.7 Å². The third-order valence-corrected chi connectivity index (χ3v) is 3.97. The van der Waals surface area contributed by atoms with Gasteiger partial charge < -0.3 is 15.5 Å². The number of nitrogens with zero attached hydrogens (tertiary/aromatic N) is 1. The van der Waals surface area contributed by atoms with Crippen LogP contribution in [-0.2, 0) is 4.79 Å². The molecule has 1 saturated heterocycles. The molecule has 1 aliphatic heterocycles. The zero-order valence-corrected chi connectivity index (χ0v) is 15.2.